The fourth-order valence-electron chi connectivity index (χ4n) is 3.71. The van der Waals surface area contributed by atoms with Crippen LogP contribution in [-0.2, 0) is 16.9 Å². The predicted molar refractivity (Wildman–Crippen MR) is 116 cm³/mol. The van der Waals surface area contributed by atoms with Crippen LogP contribution in [-0.4, -0.2) is 40.2 Å². The van der Waals surface area contributed by atoms with Crippen molar-refractivity contribution in [3.63, 3.8) is 0 Å². The van der Waals surface area contributed by atoms with E-state index in [2.05, 4.69) is 31.4 Å². The number of halogens is 1. The normalized spacial score (nSPS) is 20.2. The first-order valence-corrected chi connectivity index (χ1v) is 10.9. The number of urea groups is 1. The Hall–Kier alpha value is -3.40. The SMILES string of the molecule is CC1(c2ccc3c(c2)OCCCO3)NC(=O)N(Cc2nnc(-c3ccccc3Br)o2)C1=O. The number of carbonyl (C=O) groups excluding carboxylic acids is 2. The summed E-state index contributed by atoms with van der Waals surface area (Å²) in [6.07, 6.45) is 0.774. The van der Waals surface area contributed by atoms with E-state index in [-0.39, 0.29) is 12.4 Å². The molecule has 1 saturated heterocycles. The summed E-state index contributed by atoms with van der Waals surface area (Å²) in [5.41, 5.74) is 0.0649. The number of carbonyl (C=O) groups is 2. The molecular weight excluding hydrogens is 480 g/mol. The van der Waals surface area contributed by atoms with Gasteiger partial charge in [-0.3, -0.25) is 9.69 Å². The molecule has 1 fully saturated rings. The summed E-state index contributed by atoms with van der Waals surface area (Å²) in [6.45, 7) is 2.62. The topological polar surface area (TPSA) is 107 Å². The number of hydrogen-bond acceptors (Lipinski definition) is 7. The summed E-state index contributed by atoms with van der Waals surface area (Å²) < 4.78 is 17.9. The van der Waals surface area contributed by atoms with Crippen LogP contribution in [0, 0.1) is 0 Å². The van der Waals surface area contributed by atoms with Crippen LogP contribution in [0.15, 0.2) is 51.4 Å². The minimum Gasteiger partial charge on any atom is -0.490 e. The lowest BCUT2D eigenvalue weighted by atomic mass is 9.91. The molecule has 0 saturated carbocycles. The maximum atomic E-state index is 13.3. The summed E-state index contributed by atoms with van der Waals surface area (Å²) in [7, 11) is 0. The molecule has 5 rings (SSSR count). The van der Waals surface area contributed by atoms with Crippen molar-refractivity contribution in [1.82, 2.24) is 20.4 Å². The number of fused-ring (bicyclic) bond motifs is 1. The molecule has 1 aromatic heterocycles. The molecule has 2 aliphatic heterocycles. The van der Waals surface area contributed by atoms with E-state index in [0.29, 0.717) is 36.2 Å². The van der Waals surface area contributed by atoms with Crippen molar-refractivity contribution < 1.29 is 23.5 Å². The highest BCUT2D eigenvalue weighted by molar-refractivity contribution is 9.10. The second-order valence-corrected chi connectivity index (χ2v) is 8.49. The van der Waals surface area contributed by atoms with Gasteiger partial charge in [0.2, 0.25) is 11.8 Å². The van der Waals surface area contributed by atoms with Crippen LogP contribution in [0.4, 0.5) is 4.79 Å². The Kier molecular flexibility index (Phi) is 5.09. The van der Waals surface area contributed by atoms with Crippen LogP contribution in [0.3, 0.4) is 0 Å². The predicted octanol–water partition coefficient (Wildman–Crippen LogP) is 3.63. The first-order valence-electron chi connectivity index (χ1n) is 10.1. The van der Waals surface area contributed by atoms with E-state index in [1.165, 1.54) is 0 Å². The zero-order chi connectivity index (χ0) is 22.3. The zero-order valence-corrected chi connectivity index (χ0v) is 18.7. The largest absolute Gasteiger partial charge is 0.490 e. The van der Waals surface area contributed by atoms with Gasteiger partial charge in [0.1, 0.15) is 12.1 Å². The van der Waals surface area contributed by atoms with E-state index < -0.39 is 17.5 Å². The van der Waals surface area contributed by atoms with Crippen molar-refractivity contribution >= 4 is 27.9 Å². The Morgan fingerprint density at radius 1 is 1.09 bits per heavy atom. The van der Waals surface area contributed by atoms with Gasteiger partial charge in [-0.15, -0.1) is 10.2 Å². The Bertz CT molecular complexity index is 1210. The second kappa shape index (κ2) is 7.94. The van der Waals surface area contributed by atoms with Gasteiger partial charge in [-0.25, -0.2) is 4.79 Å². The molecule has 0 bridgehead atoms. The summed E-state index contributed by atoms with van der Waals surface area (Å²) in [4.78, 5) is 27.0. The van der Waals surface area contributed by atoms with E-state index in [1.807, 2.05) is 24.3 Å². The summed E-state index contributed by atoms with van der Waals surface area (Å²) >= 11 is 3.45. The highest BCUT2D eigenvalue weighted by Gasteiger charge is 2.49. The van der Waals surface area contributed by atoms with Gasteiger partial charge < -0.3 is 19.2 Å². The number of aromatic nitrogens is 2. The van der Waals surface area contributed by atoms with Crippen molar-refractivity contribution in [1.29, 1.82) is 0 Å². The number of amides is 3. The monoisotopic (exact) mass is 498 g/mol. The lowest BCUT2D eigenvalue weighted by Gasteiger charge is -2.23. The quantitative estimate of drug-likeness (QED) is 0.547. The van der Waals surface area contributed by atoms with E-state index >= 15 is 0 Å². The molecule has 0 spiro atoms. The van der Waals surface area contributed by atoms with Crippen LogP contribution in [0.1, 0.15) is 24.8 Å². The van der Waals surface area contributed by atoms with Gasteiger partial charge in [0.05, 0.1) is 18.8 Å². The maximum Gasteiger partial charge on any atom is 0.325 e. The molecule has 1 N–H and O–H groups in total. The molecular formula is C22H19BrN4O5. The lowest BCUT2D eigenvalue weighted by molar-refractivity contribution is -0.131. The third-order valence-electron chi connectivity index (χ3n) is 5.46. The number of ether oxygens (including phenoxy) is 2. The minimum absolute atomic E-state index is 0.137. The van der Waals surface area contributed by atoms with Gasteiger partial charge in [-0.05, 0) is 52.7 Å². The number of nitrogens with one attached hydrogen (secondary N) is 1. The number of hydrogen-bond donors (Lipinski definition) is 1. The van der Waals surface area contributed by atoms with E-state index in [9.17, 15) is 9.59 Å². The third-order valence-corrected chi connectivity index (χ3v) is 6.16. The summed E-state index contributed by atoms with van der Waals surface area (Å²) in [5.74, 6) is 1.20. The molecule has 3 amide bonds. The van der Waals surface area contributed by atoms with E-state index in [4.69, 9.17) is 13.9 Å². The Labute approximate surface area is 191 Å². The van der Waals surface area contributed by atoms with Gasteiger partial charge in [-0.1, -0.05) is 18.2 Å². The van der Waals surface area contributed by atoms with Gasteiger partial charge in [0.25, 0.3) is 5.91 Å². The molecule has 32 heavy (non-hydrogen) atoms. The van der Waals surface area contributed by atoms with Crippen molar-refractivity contribution in [3.8, 4) is 23.0 Å². The van der Waals surface area contributed by atoms with E-state index in [0.717, 1.165) is 21.4 Å². The molecule has 0 radical (unpaired) electrons. The fraction of sp³-hybridized carbons (Fsp3) is 0.273. The van der Waals surface area contributed by atoms with Crippen molar-refractivity contribution in [2.75, 3.05) is 13.2 Å². The molecule has 1 atom stereocenters. The highest BCUT2D eigenvalue weighted by atomic mass is 79.9. The third kappa shape index (κ3) is 3.50. The van der Waals surface area contributed by atoms with Crippen molar-refractivity contribution in [2.45, 2.75) is 25.4 Å². The van der Waals surface area contributed by atoms with Crippen molar-refractivity contribution in [2.24, 2.45) is 0 Å². The van der Waals surface area contributed by atoms with Gasteiger partial charge in [0.15, 0.2) is 11.5 Å². The molecule has 10 heteroatoms. The van der Waals surface area contributed by atoms with E-state index in [1.54, 1.807) is 25.1 Å². The number of imide groups is 1. The van der Waals surface area contributed by atoms with Crippen molar-refractivity contribution in [3.05, 3.63) is 58.4 Å². The number of nitrogens with zero attached hydrogens (tertiary/aromatic N) is 3. The standard InChI is InChI=1S/C22H19BrN4O5/c1-22(13-7-8-16-17(11-13)31-10-4-9-30-16)20(28)27(21(29)24-22)12-18-25-26-19(32-18)14-5-2-3-6-15(14)23/h2-3,5-8,11H,4,9-10,12H2,1H3,(H,24,29). The minimum atomic E-state index is -1.26. The van der Waals surface area contributed by atoms with Gasteiger partial charge >= 0.3 is 6.03 Å². The van der Waals surface area contributed by atoms with Crippen LogP contribution < -0.4 is 14.8 Å². The first-order chi connectivity index (χ1) is 15.5. The molecule has 9 nitrogen and oxygen atoms in total. The fourth-order valence-corrected chi connectivity index (χ4v) is 4.16. The van der Waals surface area contributed by atoms with Crippen LogP contribution in [0.25, 0.3) is 11.5 Å². The Morgan fingerprint density at radius 3 is 2.69 bits per heavy atom. The molecule has 164 valence electrons. The number of benzene rings is 2. The molecule has 2 aromatic carbocycles. The van der Waals surface area contributed by atoms with Crippen LogP contribution >= 0.6 is 15.9 Å². The summed E-state index contributed by atoms with van der Waals surface area (Å²) in [6, 6.07) is 12.1. The van der Waals surface area contributed by atoms with Gasteiger partial charge in [0, 0.05) is 10.9 Å². The molecule has 3 heterocycles. The van der Waals surface area contributed by atoms with Crippen LogP contribution in [0.5, 0.6) is 11.5 Å². The lowest BCUT2D eigenvalue weighted by Crippen LogP contribution is -2.40. The maximum absolute atomic E-state index is 13.3. The first kappa shape index (κ1) is 20.5. The van der Waals surface area contributed by atoms with Crippen LogP contribution in [0.2, 0.25) is 0 Å². The smallest absolute Gasteiger partial charge is 0.325 e. The zero-order valence-electron chi connectivity index (χ0n) is 17.1. The highest BCUT2D eigenvalue weighted by Crippen LogP contribution is 2.37. The molecule has 3 aromatic rings. The number of rotatable bonds is 4. The summed E-state index contributed by atoms with van der Waals surface area (Å²) in [5, 5.41) is 10.8. The Morgan fingerprint density at radius 2 is 1.88 bits per heavy atom. The average Bonchev–Trinajstić information content (AvgIpc) is 3.23. The second-order valence-electron chi connectivity index (χ2n) is 7.64. The average molecular weight is 499 g/mol. The van der Waals surface area contributed by atoms with Gasteiger partial charge in [-0.2, -0.15) is 0 Å². The molecule has 0 aliphatic carbocycles. The molecule has 2 aliphatic rings. The Balaban J connectivity index is 1.39. The molecule has 1 unspecified atom stereocenters.